The number of aryl methyl sites for hydroxylation is 1. The molecule has 22 heavy (non-hydrogen) atoms. The zero-order chi connectivity index (χ0) is 15.7. The quantitative estimate of drug-likeness (QED) is 0.543. The van der Waals surface area contributed by atoms with Gasteiger partial charge in [0.2, 0.25) is 11.8 Å². The van der Waals surface area contributed by atoms with Crippen molar-refractivity contribution in [3.8, 4) is 22.9 Å². The third-order valence-corrected chi connectivity index (χ3v) is 3.17. The first kappa shape index (κ1) is 13.9. The molecule has 0 fully saturated rings. The van der Waals surface area contributed by atoms with E-state index in [1.807, 2.05) is 0 Å². The van der Waals surface area contributed by atoms with E-state index >= 15 is 0 Å². The predicted octanol–water partition coefficient (Wildman–Crippen LogP) is 3.76. The van der Waals surface area contributed by atoms with Crippen LogP contribution in [0.25, 0.3) is 22.9 Å². The molecule has 0 spiro atoms. The van der Waals surface area contributed by atoms with E-state index in [-0.39, 0.29) is 23.3 Å². The van der Waals surface area contributed by atoms with Gasteiger partial charge in [-0.05, 0) is 37.3 Å². The zero-order valence-corrected chi connectivity index (χ0v) is 11.5. The highest BCUT2D eigenvalue weighted by atomic mass is 19.1. The first-order valence-electron chi connectivity index (χ1n) is 6.39. The monoisotopic (exact) mass is 299 g/mol. The molecule has 6 nitrogen and oxygen atoms in total. The lowest BCUT2D eigenvalue weighted by Crippen LogP contribution is -1.92. The second kappa shape index (κ2) is 5.36. The lowest BCUT2D eigenvalue weighted by Gasteiger charge is -1.99. The Morgan fingerprint density at radius 1 is 1.05 bits per heavy atom. The molecule has 3 rings (SSSR count). The van der Waals surface area contributed by atoms with E-state index in [1.54, 1.807) is 19.1 Å². The summed E-state index contributed by atoms with van der Waals surface area (Å²) in [5.74, 6) is 0.0262. The van der Waals surface area contributed by atoms with Crippen molar-refractivity contribution in [3.63, 3.8) is 0 Å². The third kappa shape index (κ3) is 2.56. The Kier molecular flexibility index (Phi) is 3.38. The maximum atomic E-state index is 12.9. The molecule has 0 aliphatic rings. The van der Waals surface area contributed by atoms with Gasteiger partial charge in [0.25, 0.3) is 5.69 Å². The first-order chi connectivity index (χ1) is 10.5. The normalized spacial score (nSPS) is 10.6. The van der Waals surface area contributed by atoms with E-state index in [1.165, 1.54) is 30.3 Å². The van der Waals surface area contributed by atoms with E-state index < -0.39 is 4.92 Å². The summed E-state index contributed by atoms with van der Waals surface area (Å²) in [6.45, 7) is 1.65. The molecule has 3 aromatic rings. The molecule has 0 saturated carbocycles. The van der Waals surface area contributed by atoms with Gasteiger partial charge in [-0.2, -0.15) is 0 Å². The average molecular weight is 299 g/mol. The summed E-state index contributed by atoms with van der Waals surface area (Å²) in [5.41, 5.74) is 1.56. The van der Waals surface area contributed by atoms with Crippen LogP contribution in [0.3, 0.4) is 0 Å². The van der Waals surface area contributed by atoms with Crippen LogP contribution in [0.15, 0.2) is 46.9 Å². The summed E-state index contributed by atoms with van der Waals surface area (Å²) < 4.78 is 18.4. The number of nitro groups is 1. The van der Waals surface area contributed by atoms with Crippen LogP contribution in [-0.2, 0) is 0 Å². The highest BCUT2D eigenvalue weighted by Gasteiger charge is 2.16. The number of benzene rings is 2. The smallest absolute Gasteiger partial charge is 0.273 e. The maximum absolute atomic E-state index is 12.9. The molecule has 0 amide bonds. The standard InChI is InChI=1S/C15H10FN3O3/c1-9-2-3-11(8-13(9)19(20)21)15-18-17-14(22-15)10-4-6-12(16)7-5-10/h2-8H,1H3. The summed E-state index contributed by atoms with van der Waals surface area (Å²) in [6, 6.07) is 10.3. The second-order valence-corrected chi connectivity index (χ2v) is 4.68. The number of hydrogen-bond acceptors (Lipinski definition) is 5. The Bertz CT molecular complexity index is 843. The van der Waals surface area contributed by atoms with E-state index in [0.29, 0.717) is 16.7 Å². The highest BCUT2D eigenvalue weighted by molar-refractivity contribution is 5.61. The van der Waals surface area contributed by atoms with E-state index in [9.17, 15) is 14.5 Å². The largest absolute Gasteiger partial charge is 0.416 e. The Hall–Kier alpha value is -3.09. The highest BCUT2D eigenvalue weighted by Crippen LogP contribution is 2.28. The average Bonchev–Trinajstić information content (AvgIpc) is 2.98. The van der Waals surface area contributed by atoms with Gasteiger partial charge in [-0.25, -0.2) is 4.39 Å². The molecule has 0 aliphatic heterocycles. The summed E-state index contributed by atoms with van der Waals surface area (Å²) in [6.07, 6.45) is 0. The maximum Gasteiger partial charge on any atom is 0.273 e. The van der Waals surface area contributed by atoms with Gasteiger partial charge in [0.05, 0.1) is 4.92 Å². The van der Waals surface area contributed by atoms with Crippen molar-refractivity contribution in [2.24, 2.45) is 0 Å². The number of rotatable bonds is 3. The summed E-state index contributed by atoms with van der Waals surface area (Å²) >= 11 is 0. The van der Waals surface area contributed by atoms with E-state index in [0.717, 1.165) is 0 Å². The van der Waals surface area contributed by atoms with Crippen molar-refractivity contribution < 1.29 is 13.7 Å². The Labute approximate surface area is 124 Å². The minimum absolute atomic E-state index is 0.0148. The van der Waals surface area contributed by atoms with Crippen molar-refractivity contribution in [1.29, 1.82) is 0 Å². The van der Waals surface area contributed by atoms with Gasteiger partial charge in [-0.3, -0.25) is 10.1 Å². The van der Waals surface area contributed by atoms with Crippen LogP contribution in [0.4, 0.5) is 10.1 Å². The van der Waals surface area contributed by atoms with Crippen molar-refractivity contribution in [2.45, 2.75) is 6.92 Å². The molecule has 0 N–H and O–H groups in total. The summed E-state index contributed by atoms with van der Waals surface area (Å²) in [7, 11) is 0. The Morgan fingerprint density at radius 2 is 1.64 bits per heavy atom. The lowest BCUT2D eigenvalue weighted by atomic mass is 10.1. The molecular formula is C15H10FN3O3. The molecule has 110 valence electrons. The molecule has 0 saturated heterocycles. The molecule has 0 radical (unpaired) electrons. The minimum Gasteiger partial charge on any atom is -0.416 e. The number of nitro benzene ring substituents is 1. The topological polar surface area (TPSA) is 82.1 Å². The molecule has 1 aromatic heterocycles. The number of nitrogens with zero attached hydrogens (tertiary/aromatic N) is 3. The van der Waals surface area contributed by atoms with Crippen LogP contribution < -0.4 is 0 Å². The van der Waals surface area contributed by atoms with Crippen LogP contribution in [0.2, 0.25) is 0 Å². The Balaban J connectivity index is 1.99. The van der Waals surface area contributed by atoms with Crippen LogP contribution in [-0.4, -0.2) is 15.1 Å². The van der Waals surface area contributed by atoms with Crippen LogP contribution in [0.5, 0.6) is 0 Å². The molecule has 0 bridgehead atoms. The minimum atomic E-state index is -0.462. The third-order valence-electron chi connectivity index (χ3n) is 3.17. The molecular weight excluding hydrogens is 289 g/mol. The van der Waals surface area contributed by atoms with Gasteiger partial charge in [-0.15, -0.1) is 10.2 Å². The second-order valence-electron chi connectivity index (χ2n) is 4.68. The fourth-order valence-corrected chi connectivity index (χ4v) is 1.99. The van der Waals surface area contributed by atoms with Gasteiger partial charge >= 0.3 is 0 Å². The van der Waals surface area contributed by atoms with Crippen molar-refractivity contribution in [2.75, 3.05) is 0 Å². The van der Waals surface area contributed by atoms with E-state index in [4.69, 9.17) is 4.42 Å². The molecule has 2 aromatic carbocycles. The number of aromatic nitrogens is 2. The zero-order valence-electron chi connectivity index (χ0n) is 11.5. The van der Waals surface area contributed by atoms with Gasteiger partial charge in [0, 0.05) is 22.8 Å². The fourth-order valence-electron chi connectivity index (χ4n) is 1.99. The number of halogens is 1. The van der Waals surface area contributed by atoms with Crippen molar-refractivity contribution in [1.82, 2.24) is 10.2 Å². The van der Waals surface area contributed by atoms with E-state index in [2.05, 4.69) is 10.2 Å². The van der Waals surface area contributed by atoms with Crippen LogP contribution in [0.1, 0.15) is 5.56 Å². The van der Waals surface area contributed by atoms with Gasteiger partial charge in [0.15, 0.2) is 0 Å². The summed E-state index contributed by atoms with van der Waals surface area (Å²) in [4.78, 5) is 10.5. The molecule has 7 heteroatoms. The Morgan fingerprint density at radius 3 is 2.27 bits per heavy atom. The van der Waals surface area contributed by atoms with Crippen molar-refractivity contribution >= 4 is 5.69 Å². The first-order valence-corrected chi connectivity index (χ1v) is 6.39. The molecule has 0 atom stereocenters. The van der Waals surface area contributed by atoms with Gasteiger partial charge < -0.3 is 4.42 Å². The number of hydrogen-bond donors (Lipinski definition) is 0. The summed E-state index contributed by atoms with van der Waals surface area (Å²) in [5, 5.41) is 18.7. The molecule has 0 unspecified atom stereocenters. The SMILES string of the molecule is Cc1ccc(-c2nnc(-c3ccc(F)cc3)o2)cc1[N+](=O)[O-]. The predicted molar refractivity (Wildman–Crippen MR) is 76.5 cm³/mol. The lowest BCUT2D eigenvalue weighted by molar-refractivity contribution is -0.385. The van der Waals surface area contributed by atoms with Gasteiger partial charge in [0.1, 0.15) is 5.82 Å². The van der Waals surface area contributed by atoms with Crippen LogP contribution in [0, 0.1) is 22.9 Å². The molecule has 0 aliphatic carbocycles. The van der Waals surface area contributed by atoms with Crippen molar-refractivity contribution in [3.05, 3.63) is 64.0 Å². The fraction of sp³-hybridized carbons (Fsp3) is 0.0667. The van der Waals surface area contributed by atoms with Crippen LogP contribution >= 0.6 is 0 Å². The van der Waals surface area contributed by atoms with Gasteiger partial charge in [-0.1, -0.05) is 6.07 Å². The molecule has 1 heterocycles.